The second kappa shape index (κ2) is 12.1. The van der Waals surface area contributed by atoms with E-state index in [1.807, 2.05) is 0 Å². The molecule has 0 radical (unpaired) electrons. The van der Waals surface area contributed by atoms with Crippen LogP contribution in [0.5, 0.6) is 5.75 Å². The highest BCUT2D eigenvalue weighted by Crippen LogP contribution is 2.15. The SMILES string of the molecule is N#Cc1ccc(CC(=O)c2ccc(OCCCCCCOC(=O)C=O)cc2)cc1. The summed E-state index contributed by atoms with van der Waals surface area (Å²) < 4.78 is 10.3. The van der Waals surface area contributed by atoms with Gasteiger partial charge in [0.15, 0.2) is 5.78 Å². The van der Waals surface area contributed by atoms with Crippen LogP contribution >= 0.6 is 0 Å². The van der Waals surface area contributed by atoms with Gasteiger partial charge < -0.3 is 9.47 Å². The molecule has 0 saturated carbocycles. The van der Waals surface area contributed by atoms with Crippen molar-refractivity contribution in [2.24, 2.45) is 0 Å². The maximum absolute atomic E-state index is 12.4. The first kappa shape index (κ1) is 21.8. The number of nitrogens with zero attached hydrogens (tertiary/aromatic N) is 1. The molecule has 0 fully saturated rings. The Bertz CT molecular complexity index is 850. The van der Waals surface area contributed by atoms with E-state index in [1.54, 1.807) is 48.5 Å². The summed E-state index contributed by atoms with van der Waals surface area (Å²) in [5, 5.41) is 8.81. The Morgan fingerprint density at radius 1 is 0.897 bits per heavy atom. The number of benzene rings is 2. The molecule has 0 N–H and O–H groups in total. The second-order valence-electron chi connectivity index (χ2n) is 6.48. The topological polar surface area (TPSA) is 93.5 Å². The van der Waals surface area contributed by atoms with Gasteiger partial charge in [0.05, 0.1) is 24.8 Å². The lowest BCUT2D eigenvalue weighted by atomic mass is 10.0. The Morgan fingerprint density at radius 3 is 2.17 bits per heavy atom. The highest BCUT2D eigenvalue weighted by atomic mass is 16.5. The lowest BCUT2D eigenvalue weighted by molar-refractivity contribution is -0.148. The zero-order valence-electron chi connectivity index (χ0n) is 16.1. The summed E-state index contributed by atoms with van der Waals surface area (Å²) in [6.45, 7) is 0.822. The minimum Gasteiger partial charge on any atom is -0.494 e. The first-order valence-corrected chi connectivity index (χ1v) is 9.49. The predicted molar refractivity (Wildman–Crippen MR) is 107 cm³/mol. The molecule has 2 aromatic carbocycles. The summed E-state index contributed by atoms with van der Waals surface area (Å²) in [4.78, 5) is 33.1. The molecule has 2 rings (SSSR count). The zero-order valence-corrected chi connectivity index (χ0v) is 16.1. The van der Waals surface area contributed by atoms with Gasteiger partial charge >= 0.3 is 5.97 Å². The van der Waals surface area contributed by atoms with Gasteiger partial charge in [-0.15, -0.1) is 0 Å². The first-order chi connectivity index (χ1) is 14.1. The Morgan fingerprint density at radius 2 is 1.55 bits per heavy atom. The molecule has 150 valence electrons. The van der Waals surface area contributed by atoms with Crippen molar-refractivity contribution >= 4 is 18.0 Å². The fraction of sp³-hybridized carbons (Fsp3) is 0.304. The van der Waals surface area contributed by atoms with Crippen LogP contribution in [0.4, 0.5) is 0 Å². The number of hydrogen-bond donors (Lipinski definition) is 0. The van der Waals surface area contributed by atoms with E-state index in [9.17, 15) is 14.4 Å². The van der Waals surface area contributed by atoms with E-state index in [0.29, 0.717) is 23.5 Å². The van der Waals surface area contributed by atoms with Crippen molar-refractivity contribution in [1.82, 2.24) is 0 Å². The van der Waals surface area contributed by atoms with Crippen LogP contribution in [0.3, 0.4) is 0 Å². The molecular formula is C23H23NO5. The standard InChI is InChI=1S/C23H23NO5/c24-16-19-7-5-18(6-8-19)15-22(26)20-9-11-21(12-10-20)28-13-3-1-2-4-14-29-23(27)17-25/h5-12,17H,1-4,13-15H2. The van der Waals surface area contributed by atoms with E-state index in [0.717, 1.165) is 31.2 Å². The average molecular weight is 393 g/mol. The molecule has 0 bridgehead atoms. The number of ketones is 1. The van der Waals surface area contributed by atoms with Gasteiger partial charge in [-0.25, -0.2) is 4.79 Å². The fourth-order valence-corrected chi connectivity index (χ4v) is 2.68. The van der Waals surface area contributed by atoms with Gasteiger partial charge in [-0.2, -0.15) is 5.26 Å². The van der Waals surface area contributed by atoms with Gasteiger partial charge in [0.2, 0.25) is 6.29 Å². The second-order valence-corrected chi connectivity index (χ2v) is 6.48. The number of Topliss-reactive ketones (excluding diaryl/α,β-unsaturated/α-hetero) is 1. The largest absolute Gasteiger partial charge is 0.494 e. The Balaban J connectivity index is 1.66. The van der Waals surface area contributed by atoms with Crippen LogP contribution in [0.25, 0.3) is 0 Å². The van der Waals surface area contributed by atoms with Gasteiger partial charge in [-0.05, 0) is 67.6 Å². The van der Waals surface area contributed by atoms with Gasteiger partial charge in [0.1, 0.15) is 5.75 Å². The molecule has 2 aromatic rings. The molecule has 6 nitrogen and oxygen atoms in total. The summed E-state index contributed by atoms with van der Waals surface area (Å²) in [7, 11) is 0. The van der Waals surface area contributed by atoms with Crippen molar-refractivity contribution in [1.29, 1.82) is 5.26 Å². The highest BCUT2D eigenvalue weighted by Gasteiger charge is 2.07. The summed E-state index contributed by atoms with van der Waals surface area (Å²) >= 11 is 0. The number of rotatable bonds is 12. The van der Waals surface area contributed by atoms with Crippen molar-refractivity contribution < 1.29 is 23.9 Å². The van der Waals surface area contributed by atoms with E-state index in [2.05, 4.69) is 10.8 Å². The van der Waals surface area contributed by atoms with E-state index >= 15 is 0 Å². The molecule has 0 saturated heterocycles. The quantitative estimate of drug-likeness (QED) is 0.180. The smallest absolute Gasteiger partial charge is 0.371 e. The molecule has 29 heavy (non-hydrogen) atoms. The summed E-state index contributed by atoms with van der Waals surface area (Å²) in [5.74, 6) is -0.108. The molecule has 0 unspecified atom stereocenters. The summed E-state index contributed by atoms with van der Waals surface area (Å²) in [6, 6.07) is 16.1. The number of unbranched alkanes of at least 4 members (excludes halogenated alkanes) is 3. The van der Waals surface area contributed by atoms with Crippen LogP contribution in [-0.4, -0.2) is 31.3 Å². The van der Waals surface area contributed by atoms with Crippen molar-refractivity contribution in [2.45, 2.75) is 32.1 Å². The highest BCUT2D eigenvalue weighted by molar-refractivity contribution is 6.20. The van der Waals surface area contributed by atoms with E-state index < -0.39 is 5.97 Å². The average Bonchev–Trinajstić information content (AvgIpc) is 2.76. The van der Waals surface area contributed by atoms with Crippen LogP contribution in [-0.2, 0) is 20.7 Å². The van der Waals surface area contributed by atoms with Crippen LogP contribution in [0.1, 0.15) is 47.2 Å². The van der Waals surface area contributed by atoms with Crippen LogP contribution in [0, 0.1) is 11.3 Å². The Labute approximate surface area is 170 Å². The molecule has 0 amide bonds. The lowest BCUT2D eigenvalue weighted by Crippen LogP contribution is -2.06. The molecular weight excluding hydrogens is 370 g/mol. The minimum absolute atomic E-state index is 0.0107. The third-order valence-corrected chi connectivity index (χ3v) is 4.27. The minimum atomic E-state index is -0.827. The Hall–Kier alpha value is -3.46. The molecule has 0 heterocycles. The number of aldehydes is 1. The number of carbonyl (C=O) groups is 3. The molecule has 0 aliphatic rings. The molecule has 0 aliphatic carbocycles. The zero-order chi connectivity index (χ0) is 20.9. The summed E-state index contributed by atoms with van der Waals surface area (Å²) in [5.41, 5.74) is 2.06. The number of nitriles is 1. The van der Waals surface area contributed by atoms with Crippen molar-refractivity contribution in [3.05, 3.63) is 65.2 Å². The third kappa shape index (κ3) is 7.97. The van der Waals surface area contributed by atoms with Gasteiger partial charge in [0.25, 0.3) is 0 Å². The van der Waals surface area contributed by atoms with Gasteiger partial charge in [0, 0.05) is 12.0 Å². The van der Waals surface area contributed by atoms with Crippen LogP contribution < -0.4 is 4.74 Å². The number of carbonyl (C=O) groups excluding carboxylic acids is 3. The van der Waals surface area contributed by atoms with Crippen LogP contribution in [0.15, 0.2) is 48.5 Å². The lowest BCUT2D eigenvalue weighted by Gasteiger charge is -2.07. The van der Waals surface area contributed by atoms with Gasteiger partial charge in [-0.3, -0.25) is 9.59 Å². The molecule has 0 aliphatic heterocycles. The fourth-order valence-electron chi connectivity index (χ4n) is 2.68. The predicted octanol–water partition coefficient (Wildman–Crippen LogP) is 3.66. The maximum Gasteiger partial charge on any atom is 0.371 e. The van der Waals surface area contributed by atoms with Gasteiger partial charge in [-0.1, -0.05) is 12.1 Å². The van der Waals surface area contributed by atoms with E-state index in [-0.39, 0.29) is 25.1 Å². The molecule has 6 heteroatoms. The number of esters is 1. The first-order valence-electron chi connectivity index (χ1n) is 9.49. The van der Waals surface area contributed by atoms with Crippen molar-refractivity contribution in [3.63, 3.8) is 0 Å². The van der Waals surface area contributed by atoms with Crippen LogP contribution in [0.2, 0.25) is 0 Å². The normalized spacial score (nSPS) is 10.0. The van der Waals surface area contributed by atoms with E-state index in [1.165, 1.54) is 0 Å². The summed E-state index contributed by atoms with van der Waals surface area (Å²) in [6.07, 6.45) is 3.85. The Kier molecular flexibility index (Phi) is 9.10. The van der Waals surface area contributed by atoms with Crippen molar-refractivity contribution in [2.75, 3.05) is 13.2 Å². The maximum atomic E-state index is 12.4. The van der Waals surface area contributed by atoms with E-state index in [4.69, 9.17) is 10.00 Å². The molecule has 0 aromatic heterocycles. The molecule has 0 spiro atoms. The monoisotopic (exact) mass is 393 g/mol. The third-order valence-electron chi connectivity index (χ3n) is 4.27. The number of hydrogen-bond acceptors (Lipinski definition) is 6. The number of ether oxygens (including phenoxy) is 2. The molecule has 0 atom stereocenters. The van der Waals surface area contributed by atoms with Crippen molar-refractivity contribution in [3.8, 4) is 11.8 Å².